The number of H-pyrrole nitrogens is 1. The molecule has 0 aliphatic carbocycles. The molecule has 0 unspecified atom stereocenters. The Morgan fingerprint density at radius 1 is 1.50 bits per heavy atom. The summed E-state index contributed by atoms with van der Waals surface area (Å²) in [4.78, 5) is 10.8. The molecule has 0 aliphatic rings. The molecule has 0 saturated carbocycles. The third kappa shape index (κ3) is 2.91. The molecule has 0 aromatic carbocycles. The number of aromatic nitrogens is 2. The second-order valence-corrected chi connectivity index (χ2v) is 7.13. The van der Waals surface area contributed by atoms with Crippen LogP contribution in [0.2, 0.25) is 0 Å². The van der Waals surface area contributed by atoms with E-state index in [-0.39, 0.29) is 17.1 Å². The molecule has 0 spiro atoms. The third-order valence-electron chi connectivity index (χ3n) is 2.68. The van der Waals surface area contributed by atoms with Crippen LogP contribution in [0.4, 0.5) is 0 Å². The summed E-state index contributed by atoms with van der Waals surface area (Å²) in [5.41, 5.74) is -1.02. The lowest BCUT2D eigenvalue weighted by Crippen LogP contribution is -2.46. The maximum atomic E-state index is 12.7. The van der Waals surface area contributed by atoms with Gasteiger partial charge in [0.2, 0.25) is 10.0 Å². The number of carboxylic acids is 1. The summed E-state index contributed by atoms with van der Waals surface area (Å²) < 4.78 is 26.7. The van der Waals surface area contributed by atoms with Gasteiger partial charge in [0, 0.05) is 12.1 Å². The molecule has 0 amide bonds. The molecule has 0 bridgehead atoms. The standard InChI is InChI=1S/C12H19N3O4S/c1-6-7-15(12(3,4)5)20(18,19)10-8(2)13-14-9(10)11(16)17/h6H,1,7H2,2-5H3,(H,13,14)(H,16,17). The highest BCUT2D eigenvalue weighted by atomic mass is 32.2. The van der Waals surface area contributed by atoms with E-state index in [0.717, 1.165) is 0 Å². The summed E-state index contributed by atoms with van der Waals surface area (Å²) in [7, 11) is -4.00. The first kappa shape index (κ1) is 16.4. The molecule has 0 fully saturated rings. The average molecular weight is 301 g/mol. The van der Waals surface area contributed by atoms with E-state index in [0.29, 0.717) is 0 Å². The highest BCUT2D eigenvalue weighted by molar-refractivity contribution is 7.89. The van der Waals surface area contributed by atoms with Gasteiger partial charge in [-0.25, -0.2) is 13.2 Å². The SMILES string of the molecule is C=CCN(C(C)(C)C)S(=O)(=O)c1c(C(=O)O)n[nH]c1C. The van der Waals surface area contributed by atoms with E-state index < -0.39 is 27.2 Å². The lowest BCUT2D eigenvalue weighted by molar-refractivity contribution is 0.0685. The largest absolute Gasteiger partial charge is 0.476 e. The van der Waals surface area contributed by atoms with Crippen LogP contribution in [-0.2, 0) is 10.0 Å². The van der Waals surface area contributed by atoms with Crippen LogP contribution in [0.1, 0.15) is 37.0 Å². The summed E-state index contributed by atoms with van der Waals surface area (Å²) in [6.45, 7) is 10.3. The number of rotatable bonds is 5. The van der Waals surface area contributed by atoms with Crippen molar-refractivity contribution in [3.63, 3.8) is 0 Å². The minimum absolute atomic E-state index is 0.0789. The molecule has 2 N–H and O–H groups in total. The second kappa shape index (κ2) is 5.37. The maximum absolute atomic E-state index is 12.7. The molecule has 0 atom stereocenters. The van der Waals surface area contributed by atoms with E-state index >= 15 is 0 Å². The third-order valence-corrected chi connectivity index (χ3v) is 4.98. The molecular weight excluding hydrogens is 282 g/mol. The van der Waals surface area contributed by atoms with Gasteiger partial charge in [0.05, 0.1) is 5.69 Å². The van der Waals surface area contributed by atoms with E-state index in [1.54, 1.807) is 20.8 Å². The number of aryl methyl sites for hydroxylation is 1. The average Bonchev–Trinajstić information content (AvgIpc) is 2.67. The van der Waals surface area contributed by atoms with Gasteiger partial charge in [0.1, 0.15) is 4.90 Å². The molecule has 1 aromatic heterocycles. The molecular formula is C12H19N3O4S. The van der Waals surface area contributed by atoms with E-state index in [4.69, 9.17) is 5.11 Å². The summed E-state index contributed by atoms with van der Waals surface area (Å²) in [6.07, 6.45) is 1.46. The fourth-order valence-electron chi connectivity index (χ4n) is 1.84. The fourth-order valence-corrected chi connectivity index (χ4v) is 3.89. The van der Waals surface area contributed by atoms with Crippen molar-refractivity contribution in [1.29, 1.82) is 0 Å². The van der Waals surface area contributed by atoms with Crippen molar-refractivity contribution < 1.29 is 18.3 Å². The van der Waals surface area contributed by atoms with Crippen molar-refractivity contribution >= 4 is 16.0 Å². The van der Waals surface area contributed by atoms with Crippen molar-refractivity contribution in [2.24, 2.45) is 0 Å². The van der Waals surface area contributed by atoms with Crippen molar-refractivity contribution in [2.45, 2.75) is 38.1 Å². The molecule has 1 aromatic rings. The number of aromatic amines is 1. The number of nitrogens with one attached hydrogen (secondary N) is 1. The second-order valence-electron chi connectivity index (χ2n) is 5.33. The Hall–Kier alpha value is -1.67. The zero-order valence-electron chi connectivity index (χ0n) is 12.0. The van der Waals surface area contributed by atoms with Crippen LogP contribution in [0.3, 0.4) is 0 Å². The van der Waals surface area contributed by atoms with Gasteiger partial charge in [0.25, 0.3) is 0 Å². The predicted octanol–water partition coefficient (Wildman–Crippen LogP) is 1.39. The van der Waals surface area contributed by atoms with Crippen LogP contribution in [0, 0.1) is 6.92 Å². The maximum Gasteiger partial charge on any atom is 0.357 e. The van der Waals surface area contributed by atoms with Gasteiger partial charge in [-0.05, 0) is 27.7 Å². The molecule has 1 rings (SSSR count). The molecule has 0 saturated heterocycles. The Bertz CT molecular complexity index is 626. The van der Waals surface area contributed by atoms with Crippen LogP contribution in [0.5, 0.6) is 0 Å². The molecule has 7 nitrogen and oxygen atoms in total. The van der Waals surface area contributed by atoms with E-state index in [2.05, 4.69) is 16.8 Å². The Balaban J connectivity index is 3.53. The zero-order chi connectivity index (χ0) is 15.7. The van der Waals surface area contributed by atoms with Crippen molar-refractivity contribution in [1.82, 2.24) is 14.5 Å². The number of carboxylic acid groups (broad SMARTS) is 1. The van der Waals surface area contributed by atoms with Crippen molar-refractivity contribution in [3.05, 3.63) is 24.0 Å². The fraction of sp³-hybridized carbons (Fsp3) is 0.500. The highest BCUT2D eigenvalue weighted by Crippen LogP contribution is 2.27. The van der Waals surface area contributed by atoms with Gasteiger partial charge in [-0.3, -0.25) is 5.10 Å². The number of carbonyl (C=O) groups is 1. The van der Waals surface area contributed by atoms with Gasteiger partial charge in [-0.1, -0.05) is 6.08 Å². The number of nitrogens with zero attached hydrogens (tertiary/aromatic N) is 2. The first-order valence-corrected chi connectivity index (χ1v) is 7.39. The Kier molecular flexibility index (Phi) is 4.40. The highest BCUT2D eigenvalue weighted by Gasteiger charge is 2.38. The monoisotopic (exact) mass is 301 g/mol. The van der Waals surface area contributed by atoms with Crippen LogP contribution < -0.4 is 0 Å². The summed E-state index contributed by atoms with van der Waals surface area (Å²) in [5, 5.41) is 15.0. The van der Waals surface area contributed by atoms with Gasteiger partial charge in [-0.2, -0.15) is 9.40 Å². The van der Waals surface area contributed by atoms with Crippen LogP contribution in [0.25, 0.3) is 0 Å². The quantitative estimate of drug-likeness (QED) is 0.800. The predicted molar refractivity (Wildman–Crippen MR) is 74.1 cm³/mol. The molecule has 20 heavy (non-hydrogen) atoms. The zero-order valence-corrected chi connectivity index (χ0v) is 12.8. The van der Waals surface area contributed by atoms with Gasteiger partial charge in [-0.15, -0.1) is 6.58 Å². The first-order chi connectivity index (χ1) is 9.03. The van der Waals surface area contributed by atoms with Crippen LogP contribution in [-0.4, -0.2) is 46.1 Å². The summed E-state index contributed by atoms with van der Waals surface area (Å²) in [6, 6.07) is 0. The van der Waals surface area contributed by atoms with Gasteiger partial charge >= 0.3 is 5.97 Å². The van der Waals surface area contributed by atoms with Gasteiger partial charge in [0.15, 0.2) is 5.69 Å². The lowest BCUT2D eigenvalue weighted by Gasteiger charge is -2.33. The van der Waals surface area contributed by atoms with Crippen molar-refractivity contribution in [3.8, 4) is 0 Å². The van der Waals surface area contributed by atoms with Crippen molar-refractivity contribution in [2.75, 3.05) is 6.54 Å². The van der Waals surface area contributed by atoms with Crippen LogP contribution >= 0.6 is 0 Å². The normalized spacial score (nSPS) is 12.7. The lowest BCUT2D eigenvalue weighted by atomic mass is 10.1. The first-order valence-electron chi connectivity index (χ1n) is 5.95. The summed E-state index contributed by atoms with van der Waals surface area (Å²) >= 11 is 0. The smallest absolute Gasteiger partial charge is 0.357 e. The summed E-state index contributed by atoms with van der Waals surface area (Å²) in [5.74, 6) is -1.39. The van der Waals surface area contributed by atoms with E-state index in [1.807, 2.05) is 0 Å². The number of sulfonamides is 1. The molecule has 0 aliphatic heterocycles. The molecule has 1 heterocycles. The number of hydrogen-bond acceptors (Lipinski definition) is 4. The van der Waals surface area contributed by atoms with E-state index in [9.17, 15) is 13.2 Å². The number of aromatic carboxylic acids is 1. The van der Waals surface area contributed by atoms with E-state index in [1.165, 1.54) is 17.3 Å². The van der Waals surface area contributed by atoms with Gasteiger partial charge < -0.3 is 5.11 Å². The minimum Gasteiger partial charge on any atom is -0.476 e. The van der Waals surface area contributed by atoms with Crippen LogP contribution in [0.15, 0.2) is 17.6 Å². The number of hydrogen-bond donors (Lipinski definition) is 2. The Morgan fingerprint density at radius 3 is 2.45 bits per heavy atom. The molecule has 8 heteroatoms. The molecule has 0 radical (unpaired) electrons. The minimum atomic E-state index is -4.00. The topological polar surface area (TPSA) is 103 Å². The Morgan fingerprint density at radius 2 is 2.05 bits per heavy atom. The Labute approximate surface area is 118 Å². The molecule has 112 valence electrons.